The van der Waals surface area contributed by atoms with Gasteiger partial charge >= 0.3 is 0 Å². The number of hydrogen-bond donors (Lipinski definition) is 0. The minimum atomic E-state index is 1.00. The molecule has 0 amide bonds. The van der Waals surface area contributed by atoms with Crippen LogP contribution in [0.15, 0.2) is 72.8 Å². The lowest BCUT2D eigenvalue weighted by Gasteiger charge is -2.06. The molecule has 0 fully saturated rings. The fourth-order valence-corrected chi connectivity index (χ4v) is 2.85. The van der Waals surface area contributed by atoms with Gasteiger partial charge in [-0.15, -0.1) is 0 Å². The summed E-state index contributed by atoms with van der Waals surface area (Å²) in [6.45, 7) is 0. The maximum Gasteiger partial charge on any atom is 0.0640 e. The monoisotopic (exact) mass is 256 g/mol. The van der Waals surface area contributed by atoms with Crippen LogP contribution in [0.3, 0.4) is 0 Å². The van der Waals surface area contributed by atoms with Crippen LogP contribution in [0.2, 0.25) is 0 Å². The van der Waals surface area contributed by atoms with E-state index in [-0.39, 0.29) is 0 Å². The van der Waals surface area contributed by atoms with E-state index in [1.807, 2.05) is 30.3 Å². The van der Waals surface area contributed by atoms with E-state index in [1.165, 1.54) is 22.3 Å². The first-order chi connectivity index (χ1) is 9.90. The standard InChI is InChI=1S/C19H14N/c1-2-7-16(8-3-1)20-17-10-11-19-15(13-17)12-14-6-4-5-9-18(14)19/h1-11,13H,12H2. The number of rotatable bonds is 2. The van der Waals surface area contributed by atoms with Crippen LogP contribution in [0.4, 0.5) is 11.4 Å². The first kappa shape index (κ1) is 11.3. The van der Waals surface area contributed by atoms with E-state index in [0.29, 0.717) is 0 Å². The highest BCUT2D eigenvalue weighted by Crippen LogP contribution is 2.37. The van der Waals surface area contributed by atoms with Crippen LogP contribution < -0.4 is 5.32 Å². The van der Waals surface area contributed by atoms with Gasteiger partial charge in [-0.25, -0.2) is 5.32 Å². The second-order valence-electron chi connectivity index (χ2n) is 5.12. The van der Waals surface area contributed by atoms with Crippen LogP contribution in [0.5, 0.6) is 0 Å². The fraction of sp³-hybridized carbons (Fsp3) is 0.0526. The summed E-state index contributed by atoms with van der Waals surface area (Å²) in [5.41, 5.74) is 7.55. The maximum atomic E-state index is 4.68. The molecule has 0 aromatic heterocycles. The van der Waals surface area contributed by atoms with Gasteiger partial charge < -0.3 is 0 Å². The third-order valence-corrected chi connectivity index (χ3v) is 3.79. The van der Waals surface area contributed by atoms with Gasteiger partial charge in [0.15, 0.2) is 0 Å². The molecule has 4 rings (SSSR count). The molecule has 0 heterocycles. The summed E-state index contributed by atoms with van der Waals surface area (Å²) in [7, 11) is 0. The third kappa shape index (κ3) is 1.88. The molecule has 1 radical (unpaired) electrons. The molecule has 0 spiro atoms. The van der Waals surface area contributed by atoms with Crippen molar-refractivity contribution >= 4 is 11.4 Å². The molecule has 0 saturated carbocycles. The number of hydrogen-bond acceptors (Lipinski definition) is 0. The van der Waals surface area contributed by atoms with Crippen molar-refractivity contribution in [2.24, 2.45) is 0 Å². The van der Waals surface area contributed by atoms with Gasteiger partial charge in [-0.05, 0) is 52.9 Å². The van der Waals surface area contributed by atoms with Crippen LogP contribution in [-0.2, 0) is 6.42 Å². The summed E-state index contributed by atoms with van der Waals surface area (Å²) in [5, 5.41) is 4.68. The lowest BCUT2D eigenvalue weighted by molar-refractivity contribution is 1.17. The van der Waals surface area contributed by atoms with E-state index in [9.17, 15) is 0 Å². The van der Waals surface area contributed by atoms with Crippen LogP contribution >= 0.6 is 0 Å². The Morgan fingerprint density at radius 2 is 1.35 bits per heavy atom. The van der Waals surface area contributed by atoms with Crippen molar-refractivity contribution in [2.45, 2.75) is 6.42 Å². The molecule has 1 heteroatoms. The maximum absolute atomic E-state index is 4.68. The summed E-state index contributed by atoms with van der Waals surface area (Å²) >= 11 is 0. The Kier molecular flexibility index (Phi) is 2.56. The molecule has 0 N–H and O–H groups in total. The number of benzene rings is 3. The van der Waals surface area contributed by atoms with Crippen LogP contribution in [0.1, 0.15) is 11.1 Å². The van der Waals surface area contributed by atoms with Gasteiger partial charge in [-0.3, -0.25) is 0 Å². The zero-order chi connectivity index (χ0) is 13.4. The van der Waals surface area contributed by atoms with E-state index in [2.05, 4.69) is 47.8 Å². The molecule has 3 aromatic rings. The molecule has 1 nitrogen and oxygen atoms in total. The molecular weight excluding hydrogens is 242 g/mol. The van der Waals surface area contributed by atoms with Crippen molar-refractivity contribution in [3.8, 4) is 11.1 Å². The number of fused-ring (bicyclic) bond motifs is 3. The van der Waals surface area contributed by atoms with Gasteiger partial charge in [0, 0.05) is 0 Å². The molecule has 20 heavy (non-hydrogen) atoms. The van der Waals surface area contributed by atoms with Crippen molar-refractivity contribution in [3.05, 3.63) is 83.9 Å². The Morgan fingerprint density at radius 3 is 2.25 bits per heavy atom. The first-order valence-corrected chi connectivity index (χ1v) is 6.88. The average molecular weight is 256 g/mol. The van der Waals surface area contributed by atoms with E-state index >= 15 is 0 Å². The van der Waals surface area contributed by atoms with Gasteiger partial charge in [-0.1, -0.05) is 48.5 Å². The van der Waals surface area contributed by atoms with Gasteiger partial charge in [0.05, 0.1) is 11.4 Å². The zero-order valence-corrected chi connectivity index (χ0v) is 11.1. The summed E-state index contributed by atoms with van der Waals surface area (Å²) in [5.74, 6) is 0. The minimum absolute atomic E-state index is 1.00. The summed E-state index contributed by atoms with van der Waals surface area (Å²) in [6.07, 6.45) is 1.02. The molecule has 0 aliphatic heterocycles. The normalized spacial score (nSPS) is 11.8. The molecule has 0 saturated heterocycles. The molecule has 1 aliphatic rings. The predicted octanol–water partition coefficient (Wildman–Crippen LogP) is 4.83. The highest BCUT2D eigenvalue weighted by molar-refractivity contribution is 5.78. The molecular formula is C19H14N. The van der Waals surface area contributed by atoms with Crippen LogP contribution in [-0.4, -0.2) is 0 Å². The quantitative estimate of drug-likeness (QED) is 0.488. The number of para-hydroxylation sites is 1. The van der Waals surface area contributed by atoms with E-state index < -0.39 is 0 Å². The molecule has 95 valence electrons. The van der Waals surface area contributed by atoms with Crippen molar-refractivity contribution in [1.29, 1.82) is 0 Å². The highest BCUT2D eigenvalue weighted by Gasteiger charge is 2.17. The van der Waals surface area contributed by atoms with Crippen molar-refractivity contribution in [1.82, 2.24) is 5.32 Å². The largest absolute Gasteiger partial charge is 0.249 e. The average Bonchev–Trinajstić information content (AvgIpc) is 2.86. The molecule has 0 unspecified atom stereocenters. The second-order valence-corrected chi connectivity index (χ2v) is 5.12. The topological polar surface area (TPSA) is 14.1 Å². The summed E-state index contributed by atoms with van der Waals surface area (Å²) in [6, 6.07) is 25.3. The fourth-order valence-electron chi connectivity index (χ4n) is 2.85. The van der Waals surface area contributed by atoms with Crippen LogP contribution in [0, 0.1) is 0 Å². The third-order valence-electron chi connectivity index (χ3n) is 3.79. The molecule has 0 bridgehead atoms. The van der Waals surface area contributed by atoms with Gasteiger partial charge in [0.25, 0.3) is 0 Å². The smallest absolute Gasteiger partial charge is 0.0640 e. The van der Waals surface area contributed by atoms with E-state index in [1.54, 1.807) is 0 Å². The van der Waals surface area contributed by atoms with E-state index in [4.69, 9.17) is 0 Å². The molecule has 0 atom stereocenters. The highest BCUT2D eigenvalue weighted by atomic mass is 14.9. The predicted molar refractivity (Wildman–Crippen MR) is 82.6 cm³/mol. The summed E-state index contributed by atoms with van der Waals surface area (Å²) < 4.78 is 0. The lowest BCUT2D eigenvalue weighted by Crippen LogP contribution is -1.90. The SMILES string of the molecule is c1ccc([N]c2ccc3c(c2)Cc2ccccc2-3)cc1. The van der Waals surface area contributed by atoms with E-state index in [0.717, 1.165) is 17.8 Å². The number of nitrogens with zero attached hydrogens (tertiary/aromatic N) is 1. The Balaban J connectivity index is 1.69. The van der Waals surface area contributed by atoms with Gasteiger partial charge in [0.2, 0.25) is 0 Å². The molecule has 1 aliphatic carbocycles. The molecule has 3 aromatic carbocycles. The Labute approximate surface area is 118 Å². The Hall–Kier alpha value is -2.54. The summed E-state index contributed by atoms with van der Waals surface area (Å²) in [4.78, 5) is 0. The Morgan fingerprint density at radius 1 is 0.600 bits per heavy atom. The van der Waals surface area contributed by atoms with Crippen molar-refractivity contribution in [2.75, 3.05) is 0 Å². The minimum Gasteiger partial charge on any atom is -0.249 e. The van der Waals surface area contributed by atoms with Gasteiger partial charge in [-0.2, -0.15) is 0 Å². The Bertz CT molecular complexity index is 760. The van der Waals surface area contributed by atoms with Gasteiger partial charge in [0.1, 0.15) is 0 Å². The van der Waals surface area contributed by atoms with Crippen molar-refractivity contribution in [3.63, 3.8) is 0 Å². The second kappa shape index (κ2) is 4.53. The van der Waals surface area contributed by atoms with Crippen molar-refractivity contribution < 1.29 is 0 Å². The first-order valence-electron chi connectivity index (χ1n) is 6.88. The lowest BCUT2D eigenvalue weighted by atomic mass is 10.1. The zero-order valence-electron chi connectivity index (χ0n) is 11.1. The van der Waals surface area contributed by atoms with Crippen LogP contribution in [0.25, 0.3) is 11.1 Å².